The molecule has 6 nitrogen and oxygen atoms in total. The van der Waals surface area contributed by atoms with Crippen LogP contribution in [0.2, 0.25) is 0 Å². The van der Waals surface area contributed by atoms with E-state index in [1.165, 1.54) is 0 Å². The van der Waals surface area contributed by atoms with Gasteiger partial charge in [-0.3, -0.25) is 14.4 Å². The smallest absolute Gasteiger partial charge is 0.306 e. The number of carboxylic acid groups (broad SMARTS) is 1. The van der Waals surface area contributed by atoms with Crippen molar-refractivity contribution in [3.05, 3.63) is 0 Å². The molecule has 136 valence electrons. The molecule has 1 aliphatic heterocycles. The molecule has 0 bridgehead atoms. The molecule has 6 heteroatoms. The third-order valence-electron chi connectivity index (χ3n) is 5.36. The maximum Gasteiger partial charge on any atom is 0.306 e. The first-order valence-corrected chi connectivity index (χ1v) is 9.32. The molecule has 0 spiro atoms. The Bertz CT molecular complexity index is 458. The summed E-state index contributed by atoms with van der Waals surface area (Å²) in [6.45, 7) is 4.03. The van der Waals surface area contributed by atoms with E-state index in [-0.39, 0.29) is 29.6 Å². The van der Waals surface area contributed by atoms with Gasteiger partial charge in [0.2, 0.25) is 11.8 Å². The molecule has 0 aromatic heterocycles. The van der Waals surface area contributed by atoms with Crippen molar-refractivity contribution in [2.45, 2.75) is 58.3 Å². The zero-order valence-electron chi connectivity index (χ0n) is 14.6. The van der Waals surface area contributed by atoms with Crippen molar-refractivity contribution in [1.29, 1.82) is 0 Å². The molecule has 2 N–H and O–H groups in total. The summed E-state index contributed by atoms with van der Waals surface area (Å²) in [5, 5.41) is 12.0. The van der Waals surface area contributed by atoms with E-state index in [1.54, 1.807) is 0 Å². The Kier molecular flexibility index (Phi) is 7.06. The molecule has 0 aromatic rings. The van der Waals surface area contributed by atoms with E-state index in [0.717, 1.165) is 32.2 Å². The molecule has 24 heavy (non-hydrogen) atoms. The lowest BCUT2D eigenvalue weighted by molar-refractivity contribution is -0.146. The zero-order valence-corrected chi connectivity index (χ0v) is 14.6. The van der Waals surface area contributed by atoms with Crippen molar-refractivity contribution in [2.24, 2.45) is 17.8 Å². The minimum atomic E-state index is -0.748. The number of amides is 2. The van der Waals surface area contributed by atoms with E-state index in [9.17, 15) is 14.4 Å². The van der Waals surface area contributed by atoms with E-state index in [4.69, 9.17) is 5.11 Å². The molecule has 0 aromatic carbocycles. The van der Waals surface area contributed by atoms with Crippen molar-refractivity contribution < 1.29 is 19.5 Å². The van der Waals surface area contributed by atoms with Crippen molar-refractivity contribution in [2.75, 3.05) is 19.6 Å². The van der Waals surface area contributed by atoms with Gasteiger partial charge in [0.05, 0.1) is 11.8 Å². The number of nitrogens with one attached hydrogen (secondary N) is 1. The van der Waals surface area contributed by atoms with Crippen LogP contribution < -0.4 is 5.32 Å². The van der Waals surface area contributed by atoms with Gasteiger partial charge >= 0.3 is 5.97 Å². The first kappa shape index (κ1) is 18.7. The number of unbranched alkanes of at least 4 members (excludes halogenated alkanes) is 1. The van der Waals surface area contributed by atoms with E-state index < -0.39 is 5.97 Å². The SMILES string of the molecule is CCCCNC(=O)C1CCCN(C(=O)C2CCC(C(=O)O)CC2)C1. The molecule has 1 unspecified atom stereocenters. The quantitative estimate of drug-likeness (QED) is 0.726. The number of nitrogens with zero attached hydrogens (tertiary/aromatic N) is 1. The number of carboxylic acids is 1. The van der Waals surface area contributed by atoms with E-state index in [0.29, 0.717) is 38.8 Å². The maximum atomic E-state index is 12.7. The van der Waals surface area contributed by atoms with Gasteiger partial charge in [-0.1, -0.05) is 13.3 Å². The number of carbonyl (C=O) groups is 3. The summed E-state index contributed by atoms with van der Waals surface area (Å²) in [4.78, 5) is 37.8. The summed E-state index contributed by atoms with van der Waals surface area (Å²) in [6.07, 6.45) is 6.21. The Morgan fingerprint density at radius 1 is 1.04 bits per heavy atom. The number of rotatable bonds is 6. The molecule has 1 atom stereocenters. The van der Waals surface area contributed by atoms with Gasteiger partial charge in [0.25, 0.3) is 0 Å². The third kappa shape index (κ3) is 4.95. The van der Waals surface area contributed by atoms with Crippen LogP contribution in [0, 0.1) is 17.8 Å². The molecule has 2 aliphatic rings. The molecule has 1 saturated carbocycles. The highest BCUT2D eigenvalue weighted by molar-refractivity contribution is 5.82. The fraction of sp³-hybridized carbons (Fsp3) is 0.833. The second kappa shape index (κ2) is 9.04. The number of carbonyl (C=O) groups excluding carboxylic acids is 2. The minimum Gasteiger partial charge on any atom is -0.481 e. The van der Waals surface area contributed by atoms with Crippen LogP contribution in [0.15, 0.2) is 0 Å². The summed E-state index contributed by atoms with van der Waals surface area (Å²) in [5.74, 6) is -1.03. The van der Waals surface area contributed by atoms with Crippen molar-refractivity contribution in [3.63, 3.8) is 0 Å². The van der Waals surface area contributed by atoms with Crippen LogP contribution in [0.25, 0.3) is 0 Å². The average Bonchev–Trinajstić information content (AvgIpc) is 2.61. The molecule has 1 heterocycles. The van der Waals surface area contributed by atoms with Crippen molar-refractivity contribution in [3.8, 4) is 0 Å². The predicted octanol–water partition coefficient (Wildman–Crippen LogP) is 2.03. The topological polar surface area (TPSA) is 86.7 Å². The molecule has 1 saturated heterocycles. The summed E-state index contributed by atoms with van der Waals surface area (Å²) >= 11 is 0. The standard InChI is InChI=1S/C18H30N2O4/c1-2-3-10-19-16(21)15-5-4-11-20(12-15)17(22)13-6-8-14(9-7-13)18(23)24/h13-15H,2-12H2,1H3,(H,19,21)(H,23,24). The van der Waals surface area contributed by atoms with E-state index in [2.05, 4.69) is 12.2 Å². The van der Waals surface area contributed by atoms with Gasteiger partial charge in [0.15, 0.2) is 0 Å². The Morgan fingerprint density at radius 3 is 2.33 bits per heavy atom. The largest absolute Gasteiger partial charge is 0.481 e. The van der Waals surface area contributed by atoms with Crippen molar-refractivity contribution >= 4 is 17.8 Å². The fourth-order valence-electron chi connectivity index (χ4n) is 3.77. The minimum absolute atomic E-state index is 0.0653. The molecule has 2 fully saturated rings. The third-order valence-corrected chi connectivity index (χ3v) is 5.36. The van der Waals surface area contributed by atoms with Gasteiger partial charge in [-0.2, -0.15) is 0 Å². The molecule has 2 rings (SSSR count). The van der Waals surface area contributed by atoms with Crippen LogP contribution in [0.1, 0.15) is 58.3 Å². The number of hydrogen-bond acceptors (Lipinski definition) is 3. The van der Waals surface area contributed by atoms with Gasteiger partial charge in [-0.15, -0.1) is 0 Å². The van der Waals surface area contributed by atoms with E-state index >= 15 is 0 Å². The lowest BCUT2D eigenvalue weighted by Crippen LogP contribution is -2.48. The highest BCUT2D eigenvalue weighted by Crippen LogP contribution is 2.31. The second-order valence-corrected chi connectivity index (χ2v) is 7.15. The highest BCUT2D eigenvalue weighted by atomic mass is 16.4. The Balaban J connectivity index is 1.82. The first-order chi connectivity index (χ1) is 11.5. The predicted molar refractivity (Wildman–Crippen MR) is 90.3 cm³/mol. The highest BCUT2D eigenvalue weighted by Gasteiger charge is 2.35. The molecule has 2 amide bonds. The molecule has 1 aliphatic carbocycles. The summed E-state index contributed by atoms with van der Waals surface area (Å²) < 4.78 is 0. The second-order valence-electron chi connectivity index (χ2n) is 7.15. The number of piperidine rings is 1. The van der Waals surface area contributed by atoms with Crippen LogP contribution in [0.4, 0.5) is 0 Å². The molecular weight excluding hydrogens is 308 g/mol. The van der Waals surface area contributed by atoms with Gasteiger partial charge in [0.1, 0.15) is 0 Å². The fourth-order valence-corrected chi connectivity index (χ4v) is 3.77. The average molecular weight is 338 g/mol. The van der Waals surface area contributed by atoms with Crippen molar-refractivity contribution in [1.82, 2.24) is 10.2 Å². The van der Waals surface area contributed by atoms with Crippen LogP contribution in [0.5, 0.6) is 0 Å². The zero-order chi connectivity index (χ0) is 17.5. The number of likely N-dealkylation sites (tertiary alicyclic amines) is 1. The lowest BCUT2D eigenvalue weighted by atomic mass is 9.81. The van der Waals surface area contributed by atoms with Gasteiger partial charge < -0.3 is 15.3 Å². The summed E-state index contributed by atoms with van der Waals surface area (Å²) in [6, 6.07) is 0. The van der Waals surface area contributed by atoms with Crippen LogP contribution in [-0.2, 0) is 14.4 Å². The van der Waals surface area contributed by atoms with Gasteiger partial charge in [-0.25, -0.2) is 0 Å². The lowest BCUT2D eigenvalue weighted by Gasteiger charge is -2.36. The van der Waals surface area contributed by atoms with Crippen LogP contribution in [-0.4, -0.2) is 47.4 Å². The van der Waals surface area contributed by atoms with Gasteiger partial charge in [0, 0.05) is 25.6 Å². The van der Waals surface area contributed by atoms with Crippen LogP contribution in [0.3, 0.4) is 0 Å². The van der Waals surface area contributed by atoms with Crippen LogP contribution >= 0.6 is 0 Å². The summed E-state index contributed by atoms with van der Waals surface area (Å²) in [7, 11) is 0. The Morgan fingerprint density at radius 2 is 1.71 bits per heavy atom. The maximum absolute atomic E-state index is 12.7. The first-order valence-electron chi connectivity index (χ1n) is 9.32. The van der Waals surface area contributed by atoms with Gasteiger partial charge in [-0.05, 0) is 44.9 Å². The Labute approximate surface area is 144 Å². The number of aliphatic carboxylic acids is 1. The summed E-state index contributed by atoms with van der Waals surface area (Å²) in [5.41, 5.74) is 0. The molecular formula is C18H30N2O4. The normalized spacial score (nSPS) is 27.5. The Hall–Kier alpha value is -1.59. The number of hydrogen-bond donors (Lipinski definition) is 2. The monoisotopic (exact) mass is 338 g/mol. The molecule has 0 radical (unpaired) electrons. The van der Waals surface area contributed by atoms with E-state index in [1.807, 2.05) is 4.90 Å².